The van der Waals surface area contributed by atoms with Gasteiger partial charge >= 0.3 is 6.03 Å². The number of nitro benzene ring substituents is 1. The molecule has 11 heteroatoms. The number of hydrogen-bond donors (Lipinski definition) is 2. The normalized spacial score (nSPS) is 17.8. The number of urea groups is 1. The Hall–Kier alpha value is -3.76. The molecule has 0 saturated carbocycles. The minimum Gasteiger partial charge on any atom is -1.00 e. The first-order valence-corrected chi connectivity index (χ1v) is 9.77. The second kappa shape index (κ2) is 9.58. The number of nitro groups is 1. The van der Waals surface area contributed by atoms with E-state index in [4.69, 9.17) is 0 Å². The lowest BCUT2D eigenvalue weighted by Crippen LogP contribution is -3.00. The molecule has 0 aromatic heterocycles. The van der Waals surface area contributed by atoms with Gasteiger partial charge in [0, 0.05) is 23.4 Å². The number of para-hydroxylation sites is 1. The molecular weight excluding hydrogens is 438 g/mol. The van der Waals surface area contributed by atoms with Crippen molar-refractivity contribution in [1.82, 2.24) is 5.32 Å². The minimum absolute atomic E-state index is 0. The first kappa shape index (κ1) is 22.9. The number of nitrogens with one attached hydrogen (secondary N) is 1. The van der Waals surface area contributed by atoms with Gasteiger partial charge in [-0.15, -0.1) is 0 Å². The van der Waals surface area contributed by atoms with E-state index >= 15 is 0 Å². The van der Waals surface area contributed by atoms with E-state index in [9.17, 15) is 24.5 Å². The summed E-state index contributed by atoms with van der Waals surface area (Å²) in [4.78, 5) is 51.6. The summed E-state index contributed by atoms with van der Waals surface area (Å²) in [5, 5.41) is 15.6. The van der Waals surface area contributed by atoms with Gasteiger partial charge in [0.15, 0.2) is 0 Å². The second-order valence-electron chi connectivity index (χ2n) is 7.15. The first-order chi connectivity index (χ1) is 15.0. The second-order valence-corrected chi connectivity index (χ2v) is 7.15. The summed E-state index contributed by atoms with van der Waals surface area (Å²) in [5.74, 6) is -1.63. The van der Waals surface area contributed by atoms with Gasteiger partial charge in [0.05, 0.1) is 36.8 Å². The Labute approximate surface area is 189 Å². The lowest BCUT2D eigenvalue weighted by atomic mass is 10.0. The number of hydrogen-bond acceptors (Lipinski definition) is 6. The van der Waals surface area contributed by atoms with Crippen LogP contribution in [0.25, 0.3) is 6.08 Å². The van der Waals surface area contributed by atoms with Gasteiger partial charge in [-0.1, -0.05) is 18.2 Å². The maximum atomic E-state index is 13.1. The van der Waals surface area contributed by atoms with E-state index in [0.29, 0.717) is 16.9 Å². The van der Waals surface area contributed by atoms with Crippen LogP contribution in [0.2, 0.25) is 0 Å². The predicted octanol–water partition coefficient (Wildman–Crippen LogP) is -2.35. The van der Waals surface area contributed by atoms with Gasteiger partial charge < -0.3 is 22.6 Å². The Morgan fingerprint density at radius 1 is 1.03 bits per heavy atom. The molecule has 166 valence electrons. The van der Waals surface area contributed by atoms with Crippen molar-refractivity contribution in [3.63, 3.8) is 0 Å². The topological polar surface area (TPSA) is 129 Å². The highest BCUT2D eigenvalue weighted by atomic mass is 35.5. The van der Waals surface area contributed by atoms with E-state index in [1.807, 2.05) is 0 Å². The van der Waals surface area contributed by atoms with Crippen LogP contribution in [0.3, 0.4) is 0 Å². The molecular formula is C21H20ClN5O5. The maximum absolute atomic E-state index is 13.1. The zero-order valence-electron chi connectivity index (χ0n) is 16.9. The molecule has 2 saturated heterocycles. The zero-order valence-corrected chi connectivity index (χ0v) is 17.6. The van der Waals surface area contributed by atoms with Crippen LogP contribution in [0.1, 0.15) is 5.56 Å². The average molecular weight is 458 g/mol. The van der Waals surface area contributed by atoms with Crippen molar-refractivity contribution in [2.45, 2.75) is 0 Å². The van der Waals surface area contributed by atoms with E-state index in [0.717, 1.165) is 31.1 Å². The Morgan fingerprint density at radius 3 is 2.38 bits per heavy atom. The molecule has 2 aromatic rings. The van der Waals surface area contributed by atoms with Crippen LogP contribution in [-0.4, -0.2) is 48.9 Å². The van der Waals surface area contributed by atoms with Crippen LogP contribution in [0, 0.1) is 10.1 Å². The number of nitrogens with two attached hydrogens (primary N) is 1. The molecule has 0 spiro atoms. The van der Waals surface area contributed by atoms with Gasteiger partial charge in [0.2, 0.25) is 0 Å². The molecule has 2 aromatic carbocycles. The SMILES string of the molecule is O=C1NC(=O)N(c2ccccc2)C(=O)/C1=C\c1cc([N+](=O)[O-])ccc1N1CC[NH2+]CC1.[Cl-]. The van der Waals surface area contributed by atoms with Gasteiger partial charge in [-0.25, -0.2) is 9.69 Å². The number of carbonyl (C=O) groups excluding carboxylic acids is 3. The van der Waals surface area contributed by atoms with E-state index in [-0.39, 0.29) is 23.7 Å². The van der Waals surface area contributed by atoms with E-state index in [2.05, 4.69) is 15.5 Å². The van der Waals surface area contributed by atoms with E-state index in [1.54, 1.807) is 36.4 Å². The molecule has 32 heavy (non-hydrogen) atoms. The summed E-state index contributed by atoms with van der Waals surface area (Å²) in [6, 6.07) is 11.8. The molecule has 2 aliphatic heterocycles. The van der Waals surface area contributed by atoms with Crippen molar-refractivity contribution in [1.29, 1.82) is 0 Å². The van der Waals surface area contributed by atoms with Crippen molar-refractivity contribution < 1.29 is 37.0 Å². The number of carbonyl (C=O) groups is 3. The molecule has 4 amide bonds. The minimum atomic E-state index is -0.843. The fourth-order valence-electron chi connectivity index (χ4n) is 3.67. The van der Waals surface area contributed by atoms with Crippen LogP contribution in [0.5, 0.6) is 0 Å². The molecule has 2 heterocycles. The van der Waals surface area contributed by atoms with Crippen molar-refractivity contribution in [2.24, 2.45) is 0 Å². The summed E-state index contributed by atoms with van der Waals surface area (Å²) >= 11 is 0. The number of non-ortho nitro benzene ring substituents is 1. The number of benzene rings is 2. The van der Waals surface area contributed by atoms with Crippen LogP contribution in [0.4, 0.5) is 21.9 Å². The molecule has 10 nitrogen and oxygen atoms in total. The highest BCUT2D eigenvalue weighted by molar-refractivity contribution is 6.39. The number of barbiturate groups is 1. The van der Waals surface area contributed by atoms with Crippen LogP contribution >= 0.6 is 0 Å². The van der Waals surface area contributed by atoms with Crippen molar-refractivity contribution in [3.8, 4) is 0 Å². The lowest BCUT2D eigenvalue weighted by Gasteiger charge is -2.29. The number of nitrogens with zero attached hydrogens (tertiary/aromatic N) is 3. The summed E-state index contributed by atoms with van der Waals surface area (Å²) in [6.45, 7) is 3.18. The third-order valence-electron chi connectivity index (χ3n) is 5.18. The number of halogens is 1. The van der Waals surface area contributed by atoms with Crippen molar-refractivity contribution in [3.05, 3.63) is 69.8 Å². The lowest BCUT2D eigenvalue weighted by molar-refractivity contribution is -0.655. The largest absolute Gasteiger partial charge is 1.00 e. The third kappa shape index (κ3) is 4.46. The smallest absolute Gasteiger partial charge is 0.335 e. The van der Waals surface area contributed by atoms with Crippen molar-refractivity contribution in [2.75, 3.05) is 36.0 Å². The summed E-state index contributed by atoms with van der Waals surface area (Å²) < 4.78 is 0. The van der Waals surface area contributed by atoms with Gasteiger partial charge in [-0.2, -0.15) is 0 Å². The van der Waals surface area contributed by atoms with Crippen molar-refractivity contribution >= 4 is 41.0 Å². The fraction of sp³-hybridized carbons (Fsp3) is 0.190. The highest BCUT2D eigenvalue weighted by Crippen LogP contribution is 2.29. The zero-order chi connectivity index (χ0) is 22.0. The Kier molecular flexibility index (Phi) is 6.86. The Morgan fingerprint density at radius 2 is 1.72 bits per heavy atom. The summed E-state index contributed by atoms with van der Waals surface area (Å²) in [7, 11) is 0. The standard InChI is InChI=1S/C21H19N5O5.ClH/c27-19-17(20(28)25(21(29)23-19)15-4-2-1-3-5-15)13-14-12-16(26(30)31)6-7-18(14)24-10-8-22-9-11-24;/h1-7,12-13,22H,8-11H2,(H,23,27,29);1H/b17-13-;. The molecule has 0 aliphatic carbocycles. The number of rotatable bonds is 4. The molecule has 0 unspecified atom stereocenters. The first-order valence-electron chi connectivity index (χ1n) is 9.77. The molecule has 0 bridgehead atoms. The summed E-state index contributed by atoms with van der Waals surface area (Å²) in [5.41, 5.74) is 0.953. The van der Waals surface area contributed by atoms with Crippen LogP contribution in [0.15, 0.2) is 54.1 Å². The maximum Gasteiger partial charge on any atom is 0.335 e. The number of anilines is 2. The predicted molar refractivity (Wildman–Crippen MR) is 112 cm³/mol. The van der Waals surface area contributed by atoms with E-state index in [1.165, 1.54) is 18.2 Å². The molecule has 3 N–H and O–H groups in total. The molecule has 2 fully saturated rings. The van der Waals surface area contributed by atoms with Crippen LogP contribution < -0.4 is 32.8 Å². The summed E-state index contributed by atoms with van der Waals surface area (Å²) in [6.07, 6.45) is 1.32. The molecule has 0 atom stereocenters. The Bertz CT molecular complexity index is 1100. The molecule has 0 radical (unpaired) electrons. The number of piperazine rings is 1. The monoisotopic (exact) mass is 457 g/mol. The van der Waals surface area contributed by atoms with Gasteiger partial charge in [-0.3, -0.25) is 25.0 Å². The number of imide groups is 2. The molecule has 2 aliphatic rings. The van der Waals surface area contributed by atoms with Crippen LogP contribution in [-0.2, 0) is 9.59 Å². The van der Waals surface area contributed by atoms with Gasteiger partial charge in [0.1, 0.15) is 5.57 Å². The number of quaternary nitrogens is 1. The average Bonchev–Trinajstić information content (AvgIpc) is 2.77. The quantitative estimate of drug-likeness (QED) is 0.229. The fourth-order valence-corrected chi connectivity index (χ4v) is 3.67. The molecule has 4 rings (SSSR count). The van der Waals surface area contributed by atoms with E-state index < -0.39 is 22.8 Å². The third-order valence-corrected chi connectivity index (χ3v) is 5.18. The number of amides is 4. The highest BCUT2D eigenvalue weighted by Gasteiger charge is 2.37. The van der Waals surface area contributed by atoms with Gasteiger partial charge in [0.25, 0.3) is 17.5 Å². The Balaban J connectivity index is 0.00000289. The van der Waals surface area contributed by atoms with Gasteiger partial charge in [-0.05, 0) is 24.3 Å².